The van der Waals surface area contributed by atoms with Crippen LogP contribution < -0.4 is 5.32 Å². The van der Waals surface area contributed by atoms with Crippen LogP contribution >= 0.6 is 0 Å². The van der Waals surface area contributed by atoms with E-state index in [4.69, 9.17) is 4.42 Å². The number of hydrogen-bond acceptors (Lipinski definition) is 2. The molecule has 0 radical (unpaired) electrons. The van der Waals surface area contributed by atoms with Crippen molar-refractivity contribution in [2.75, 3.05) is 0 Å². The second kappa shape index (κ2) is 5.40. The van der Waals surface area contributed by atoms with Crippen molar-refractivity contribution < 1.29 is 4.42 Å². The Balaban J connectivity index is 1.99. The zero-order valence-electron chi connectivity index (χ0n) is 11.6. The number of aryl methyl sites for hydroxylation is 3. The van der Waals surface area contributed by atoms with Gasteiger partial charge in [-0.3, -0.25) is 0 Å². The standard InChI is InChI=1S/C16H21NO/c1-11-5-7-15(12(2)9-11)10-17-14(4)16-8-6-13(3)18-16/h5-9,14,17H,10H2,1-4H3. The van der Waals surface area contributed by atoms with E-state index in [9.17, 15) is 0 Å². The summed E-state index contributed by atoms with van der Waals surface area (Å²) in [6, 6.07) is 10.8. The van der Waals surface area contributed by atoms with Crippen molar-refractivity contribution in [2.24, 2.45) is 0 Å². The molecule has 1 heterocycles. The summed E-state index contributed by atoms with van der Waals surface area (Å²) in [4.78, 5) is 0. The molecule has 1 atom stereocenters. The lowest BCUT2D eigenvalue weighted by atomic mass is 10.1. The number of nitrogens with one attached hydrogen (secondary N) is 1. The Hall–Kier alpha value is -1.54. The summed E-state index contributed by atoms with van der Waals surface area (Å²) in [6.45, 7) is 9.25. The molecule has 1 aromatic carbocycles. The Morgan fingerprint density at radius 3 is 2.50 bits per heavy atom. The van der Waals surface area contributed by atoms with Gasteiger partial charge in [-0.05, 0) is 51.0 Å². The number of furan rings is 1. The average molecular weight is 243 g/mol. The van der Waals surface area contributed by atoms with E-state index in [1.165, 1.54) is 16.7 Å². The van der Waals surface area contributed by atoms with E-state index in [2.05, 4.69) is 44.3 Å². The highest BCUT2D eigenvalue weighted by molar-refractivity contribution is 5.30. The molecule has 0 spiro atoms. The summed E-state index contributed by atoms with van der Waals surface area (Å²) in [5.41, 5.74) is 3.99. The van der Waals surface area contributed by atoms with Gasteiger partial charge in [0, 0.05) is 6.54 Å². The van der Waals surface area contributed by atoms with Gasteiger partial charge < -0.3 is 9.73 Å². The van der Waals surface area contributed by atoms with Crippen molar-refractivity contribution in [2.45, 2.75) is 40.3 Å². The van der Waals surface area contributed by atoms with E-state index < -0.39 is 0 Å². The van der Waals surface area contributed by atoms with Gasteiger partial charge in [0.05, 0.1) is 6.04 Å². The predicted molar refractivity (Wildman–Crippen MR) is 74.6 cm³/mol. The lowest BCUT2D eigenvalue weighted by Crippen LogP contribution is -2.18. The van der Waals surface area contributed by atoms with Crippen LogP contribution in [-0.4, -0.2) is 0 Å². The minimum absolute atomic E-state index is 0.236. The Morgan fingerprint density at radius 2 is 1.89 bits per heavy atom. The lowest BCUT2D eigenvalue weighted by Gasteiger charge is -2.13. The van der Waals surface area contributed by atoms with E-state index in [-0.39, 0.29) is 6.04 Å². The van der Waals surface area contributed by atoms with Crippen LogP contribution in [0.15, 0.2) is 34.7 Å². The first kappa shape index (κ1) is 12.9. The third-order valence-corrected chi connectivity index (χ3v) is 3.28. The molecule has 0 aliphatic carbocycles. The second-order valence-electron chi connectivity index (χ2n) is 4.98. The predicted octanol–water partition coefficient (Wildman–Crippen LogP) is 4.06. The monoisotopic (exact) mass is 243 g/mol. The van der Waals surface area contributed by atoms with Gasteiger partial charge in [0.15, 0.2) is 0 Å². The van der Waals surface area contributed by atoms with E-state index in [1.807, 2.05) is 19.1 Å². The third kappa shape index (κ3) is 3.02. The maximum absolute atomic E-state index is 5.62. The quantitative estimate of drug-likeness (QED) is 0.876. The van der Waals surface area contributed by atoms with Crippen LogP contribution in [0.4, 0.5) is 0 Å². The van der Waals surface area contributed by atoms with E-state index in [0.717, 1.165) is 18.1 Å². The molecule has 0 fully saturated rings. The summed E-state index contributed by atoms with van der Waals surface area (Å²) in [5, 5.41) is 3.50. The molecule has 2 heteroatoms. The molecular weight excluding hydrogens is 222 g/mol. The molecule has 1 aromatic heterocycles. The Bertz CT molecular complexity index is 528. The zero-order valence-corrected chi connectivity index (χ0v) is 11.6. The van der Waals surface area contributed by atoms with Crippen LogP contribution in [0.5, 0.6) is 0 Å². The van der Waals surface area contributed by atoms with Gasteiger partial charge in [0.1, 0.15) is 11.5 Å². The summed E-state index contributed by atoms with van der Waals surface area (Å²) in [7, 11) is 0. The third-order valence-electron chi connectivity index (χ3n) is 3.28. The molecule has 1 N–H and O–H groups in total. The maximum atomic E-state index is 5.62. The number of benzene rings is 1. The fraction of sp³-hybridized carbons (Fsp3) is 0.375. The van der Waals surface area contributed by atoms with Crippen molar-refractivity contribution >= 4 is 0 Å². The first-order chi connectivity index (χ1) is 8.56. The smallest absolute Gasteiger partial charge is 0.120 e. The number of hydrogen-bond donors (Lipinski definition) is 1. The van der Waals surface area contributed by atoms with E-state index in [1.54, 1.807) is 0 Å². The van der Waals surface area contributed by atoms with Gasteiger partial charge in [-0.1, -0.05) is 23.8 Å². The minimum atomic E-state index is 0.236. The molecule has 0 aliphatic rings. The van der Waals surface area contributed by atoms with Gasteiger partial charge in [-0.2, -0.15) is 0 Å². The second-order valence-corrected chi connectivity index (χ2v) is 4.98. The van der Waals surface area contributed by atoms with Gasteiger partial charge in [0.25, 0.3) is 0 Å². The van der Waals surface area contributed by atoms with Gasteiger partial charge >= 0.3 is 0 Å². The highest BCUT2D eigenvalue weighted by Gasteiger charge is 2.09. The fourth-order valence-electron chi connectivity index (χ4n) is 2.09. The van der Waals surface area contributed by atoms with Crippen LogP contribution in [-0.2, 0) is 6.54 Å². The Morgan fingerprint density at radius 1 is 1.11 bits per heavy atom. The molecule has 0 amide bonds. The number of rotatable bonds is 4. The van der Waals surface area contributed by atoms with Crippen molar-refractivity contribution in [3.05, 3.63) is 58.5 Å². The first-order valence-electron chi connectivity index (χ1n) is 6.42. The van der Waals surface area contributed by atoms with Gasteiger partial charge in [-0.25, -0.2) is 0 Å². The largest absolute Gasteiger partial charge is 0.465 e. The Kier molecular flexibility index (Phi) is 3.87. The molecule has 2 aromatic rings. The van der Waals surface area contributed by atoms with Crippen molar-refractivity contribution in [1.29, 1.82) is 0 Å². The zero-order chi connectivity index (χ0) is 13.1. The van der Waals surface area contributed by atoms with Crippen LogP contribution in [0.25, 0.3) is 0 Å². The fourth-order valence-corrected chi connectivity index (χ4v) is 2.09. The molecular formula is C16H21NO. The van der Waals surface area contributed by atoms with Crippen molar-refractivity contribution in [3.63, 3.8) is 0 Å². The first-order valence-corrected chi connectivity index (χ1v) is 6.42. The molecule has 2 rings (SSSR count). The summed E-state index contributed by atoms with van der Waals surface area (Å²) >= 11 is 0. The lowest BCUT2D eigenvalue weighted by molar-refractivity contribution is 0.415. The Labute approximate surface area is 109 Å². The van der Waals surface area contributed by atoms with Crippen molar-refractivity contribution in [1.82, 2.24) is 5.32 Å². The van der Waals surface area contributed by atoms with Crippen LogP contribution in [0.2, 0.25) is 0 Å². The van der Waals surface area contributed by atoms with E-state index in [0.29, 0.717) is 0 Å². The summed E-state index contributed by atoms with van der Waals surface area (Å²) in [5.74, 6) is 1.96. The highest BCUT2D eigenvalue weighted by Crippen LogP contribution is 2.17. The molecule has 1 unspecified atom stereocenters. The molecule has 0 saturated heterocycles. The van der Waals surface area contributed by atoms with Crippen LogP contribution in [0.1, 0.15) is 41.2 Å². The average Bonchev–Trinajstić information content (AvgIpc) is 2.74. The topological polar surface area (TPSA) is 25.2 Å². The highest BCUT2D eigenvalue weighted by atomic mass is 16.3. The van der Waals surface area contributed by atoms with Gasteiger partial charge in [-0.15, -0.1) is 0 Å². The summed E-state index contributed by atoms with van der Waals surface area (Å²) in [6.07, 6.45) is 0. The molecule has 18 heavy (non-hydrogen) atoms. The molecule has 0 saturated carbocycles. The minimum Gasteiger partial charge on any atom is -0.465 e. The van der Waals surface area contributed by atoms with Crippen LogP contribution in [0.3, 0.4) is 0 Å². The molecule has 2 nitrogen and oxygen atoms in total. The molecule has 0 aliphatic heterocycles. The SMILES string of the molecule is Cc1ccc(CNC(C)c2ccc(C)o2)c(C)c1. The van der Waals surface area contributed by atoms with Gasteiger partial charge in [0.2, 0.25) is 0 Å². The summed E-state index contributed by atoms with van der Waals surface area (Å²) < 4.78 is 5.62. The van der Waals surface area contributed by atoms with E-state index >= 15 is 0 Å². The molecule has 0 bridgehead atoms. The van der Waals surface area contributed by atoms with Crippen molar-refractivity contribution in [3.8, 4) is 0 Å². The van der Waals surface area contributed by atoms with Crippen LogP contribution in [0, 0.1) is 20.8 Å². The maximum Gasteiger partial charge on any atom is 0.120 e. The normalized spacial score (nSPS) is 12.7. The molecule has 96 valence electrons.